The molecule has 0 unspecified atom stereocenters. The van der Waals surface area contributed by atoms with Crippen LogP contribution in [-0.4, -0.2) is 17.1 Å². The maximum atomic E-state index is 5.14. The van der Waals surface area contributed by atoms with Crippen molar-refractivity contribution in [1.82, 2.24) is 10.3 Å². The van der Waals surface area contributed by atoms with E-state index in [1.807, 2.05) is 26.1 Å². The zero-order valence-corrected chi connectivity index (χ0v) is 10.4. The topological polar surface area (TPSA) is 28.2 Å². The number of nitrogens with one attached hydrogen (secondary N) is 1. The van der Waals surface area contributed by atoms with E-state index in [1.165, 1.54) is 0 Å². The van der Waals surface area contributed by atoms with E-state index in [2.05, 4.69) is 29.5 Å². The van der Waals surface area contributed by atoms with E-state index in [-0.39, 0.29) is 0 Å². The second-order valence-corrected chi connectivity index (χ2v) is 4.05. The summed E-state index contributed by atoms with van der Waals surface area (Å²) in [5.41, 5.74) is 1.14. The van der Waals surface area contributed by atoms with Crippen molar-refractivity contribution in [3.8, 4) is 0 Å². The van der Waals surface area contributed by atoms with Gasteiger partial charge in [0.25, 0.3) is 0 Å². The van der Waals surface area contributed by atoms with Gasteiger partial charge in [-0.25, -0.2) is 4.98 Å². The van der Waals surface area contributed by atoms with Gasteiger partial charge in [0.1, 0.15) is 5.82 Å². The minimum absolute atomic E-state index is 0.513. The fraction of sp³-hybridized carbons (Fsp3) is 0.200. The standard InChI is InChI=1S/C10H13N3S2/c1-7-4-5-11-9(6-7)13(3)10(15)12-8(2)14/h4-6,14H,2H2,1,3H3,(H,12,15). The van der Waals surface area contributed by atoms with Gasteiger partial charge in [-0.2, -0.15) is 0 Å². The van der Waals surface area contributed by atoms with Crippen molar-refractivity contribution in [2.45, 2.75) is 6.92 Å². The Balaban J connectivity index is 2.80. The summed E-state index contributed by atoms with van der Waals surface area (Å²) < 4.78 is 0. The molecule has 0 aromatic carbocycles. The van der Waals surface area contributed by atoms with E-state index in [9.17, 15) is 0 Å². The summed E-state index contributed by atoms with van der Waals surface area (Å²) >= 11 is 9.17. The summed E-state index contributed by atoms with van der Waals surface area (Å²) in [4.78, 5) is 5.98. The van der Waals surface area contributed by atoms with Crippen LogP contribution in [-0.2, 0) is 0 Å². The van der Waals surface area contributed by atoms with Crippen LogP contribution in [0.2, 0.25) is 0 Å². The van der Waals surface area contributed by atoms with Gasteiger partial charge < -0.3 is 10.2 Å². The van der Waals surface area contributed by atoms with E-state index in [4.69, 9.17) is 12.2 Å². The van der Waals surface area contributed by atoms with Crippen LogP contribution < -0.4 is 10.2 Å². The Morgan fingerprint density at radius 3 is 2.87 bits per heavy atom. The van der Waals surface area contributed by atoms with Gasteiger partial charge in [0.2, 0.25) is 0 Å². The van der Waals surface area contributed by atoms with Gasteiger partial charge in [0.15, 0.2) is 5.11 Å². The highest BCUT2D eigenvalue weighted by Crippen LogP contribution is 2.10. The molecule has 0 saturated carbocycles. The molecular formula is C10H13N3S2. The van der Waals surface area contributed by atoms with Crippen molar-refractivity contribution in [3.05, 3.63) is 35.5 Å². The predicted octanol–water partition coefficient (Wildman–Crippen LogP) is 2.10. The molecule has 0 bridgehead atoms. The molecule has 1 aromatic rings. The molecule has 3 nitrogen and oxygen atoms in total. The van der Waals surface area contributed by atoms with Crippen molar-refractivity contribution in [2.75, 3.05) is 11.9 Å². The SMILES string of the molecule is C=C(S)NC(=S)N(C)c1cc(C)ccn1. The fourth-order valence-electron chi connectivity index (χ4n) is 1.01. The Labute approximate surface area is 101 Å². The van der Waals surface area contributed by atoms with Crippen LogP contribution in [0.4, 0.5) is 5.82 Å². The number of anilines is 1. The number of thiocarbonyl (C=S) groups is 1. The highest BCUT2D eigenvalue weighted by molar-refractivity contribution is 7.84. The molecule has 0 fully saturated rings. The van der Waals surface area contributed by atoms with Crippen LogP contribution >= 0.6 is 24.8 Å². The van der Waals surface area contributed by atoms with Crippen molar-refractivity contribution in [3.63, 3.8) is 0 Å². The second kappa shape index (κ2) is 5.14. The molecule has 0 atom stereocenters. The minimum atomic E-state index is 0.513. The lowest BCUT2D eigenvalue weighted by Crippen LogP contribution is -2.35. The third-order valence-electron chi connectivity index (χ3n) is 1.80. The van der Waals surface area contributed by atoms with E-state index < -0.39 is 0 Å². The molecule has 0 spiro atoms. The predicted molar refractivity (Wildman–Crippen MR) is 71.2 cm³/mol. The third kappa shape index (κ3) is 3.53. The fourth-order valence-corrected chi connectivity index (χ4v) is 1.41. The van der Waals surface area contributed by atoms with E-state index >= 15 is 0 Å². The molecule has 1 aromatic heterocycles. The molecule has 0 saturated heterocycles. The Morgan fingerprint density at radius 1 is 1.67 bits per heavy atom. The lowest BCUT2D eigenvalue weighted by Gasteiger charge is -2.19. The molecule has 80 valence electrons. The van der Waals surface area contributed by atoms with Crippen molar-refractivity contribution in [1.29, 1.82) is 0 Å². The largest absolute Gasteiger partial charge is 0.328 e. The molecule has 0 radical (unpaired) electrons. The molecule has 1 heterocycles. The molecular weight excluding hydrogens is 226 g/mol. The minimum Gasteiger partial charge on any atom is -0.328 e. The van der Waals surface area contributed by atoms with Crippen LogP contribution in [0.15, 0.2) is 29.9 Å². The smallest absolute Gasteiger partial charge is 0.179 e. The number of aromatic nitrogens is 1. The average molecular weight is 239 g/mol. The highest BCUT2D eigenvalue weighted by Gasteiger charge is 2.07. The van der Waals surface area contributed by atoms with Crippen molar-refractivity contribution < 1.29 is 0 Å². The van der Waals surface area contributed by atoms with Crippen LogP contribution in [0.25, 0.3) is 0 Å². The zero-order chi connectivity index (χ0) is 11.4. The quantitative estimate of drug-likeness (QED) is 0.611. The van der Waals surface area contributed by atoms with E-state index in [0.29, 0.717) is 10.1 Å². The number of rotatable bonds is 2. The number of hydrogen-bond donors (Lipinski definition) is 2. The second-order valence-electron chi connectivity index (χ2n) is 3.13. The Hall–Kier alpha value is -1.07. The van der Waals surface area contributed by atoms with Gasteiger partial charge in [-0.1, -0.05) is 6.58 Å². The zero-order valence-electron chi connectivity index (χ0n) is 8.69. The Bertz CT molecular complexity index is 390. The van der Waals surface area contributed by atoms with Crippen LogP contribution in [0.1, 0.15) is 5.56 Å². The van der Waals surface area contributed by atoms with Gasteiger partial charge in [-0.05, 0) is 36.8 Å². The van der Waals surface area contributed by atoms with Gasteiger partial charge in [-0.15, -0.1) is 12.6 Å². The van der Waals surface area contributed by atoms with Crippen LogP contribution in [0, 0.1) is 6.92 Å². The summed E-state index contributed by atoms with van der Waals surface area (Å²) in [7, 11) is 1.84. The molecule has 1 rings (SSSR count). The summed E-state index contributed by atoms with van der Waals surface area (Å²) in [6.07, 6.45) is 1.75. The van der Waals surface area contributed by atoms with E-state index in [0.717, 1.165) is 11.4 Å². The van der Waals surface area contributed by atoms with Gasteiger partial charge in [0, 0.05) is 13.2 Å². The van der Waals surface area contributed by atoms with Gasteiger partial charge in [-0.3, -0.25) is 0 Å². The molecule has 0 amide bonds. The van der Waals surface area contributed by atoms with Crippen LogP contribution in [0.3, 0.4) is 0 Å². The lowest BCUT2D eigenvalue weighted by atomic mass is 10.3. The maximum absolute atomic E-state index is 5.14. The molecule has 1 N–H and O–H groups in total. The number of pyridine rings is 1. The lowest BCUT2D eigenvalue weighted by molar-refractivity contribution is 1.11. The Morgan fingerprint density at radius 2 is 2.33 bits per heavy atom. The maximum Gasteiger partial charge on any atom is 0.179 e. The first-order chi connectivity index (χ1) is 7.00. The van der Waals surface area contributed by atoms with Crippen molar-refractivity contribution >= 4 is 35.8 Å². The molecule has 5 heteroatoms. The number of thiol groups is 1. The van der Waals surface area contributed by atoms with Gasteiger partial charge in [0.05, 0.1) is 5.03 Å². The first kappa shape index (κ1) is 12.0. The number of nitrogens with zero attached hydrogens (tertiary/aromatic N) is 2. The molecule has 0 aliphatic carbocycles. The number of aryl methyl sites for hydroxylation is 1. The first-order valence-electron chi connectivity index (χ1n) is 4.36. The monoisotopic (exact) mass is 239 g/mol. The van der Waals surface area contributed by atoms with Gasteiger partial charge >= 0.3 is 0 Å². The summed E-state index contributed by atoms with van der Waals surface area (Å²) in [5, 5.41) is 3.88. The normalized spacial score (nSPS) is 9.53. The molecule has 0 aliphatic rings. The Kier molecular flexibility index (Phi) is 4.11. The summed E-state index contributed by atoms with van der Waals surface area (Å²) in [5.74, 6) is 0.794. The molecule has 0 aliphatic heterocycles. The number of hydrogen-bond acceptors (Lipinski definition) is 3. The average Bonchev–Trinajstić information content (AvgIpc) is 2.15. The third-order valence-corrected chi connectivity index (χ3v) is 2.29. The highest BCUT2D eigenvalue weighted by atomic mass is 32.1. The summed E-state index contributed by atoms with van der Waals surface area (Å²) in [6.45, 7) is 5.61. The summed E-state index contributed by atoms with van der Waals surface area (Å²) in [6, 6.07) is 3.89. The first-order valence-corrected chi connectivity index (χ1v) is 5.21. The van der Waals surface area contributed by atoms with E-state index in [1.54, 1.807) is 11.1 Å². The van der Waals surface area contributed by atoms with Crippen LogP contribution in [0.5, 0.6) is 0 Å². The van der Waals surface area contributed by atoms with Crippen molar-refractivity contribution in [2.24, 2.45) is 0 Å². The molecule has 15 heavy (non-hydrogen) atoms.